The zero-order valence-electron chi connectivity index (χ0n) is 15.3. The molecular formula is C21H25N3O3. The third-order valence-corrected chi connectivity index (χ3v) is 5.93. The van der Waals surface area contributed by atoms with Gasteiger partial charge in [0.1, 0.15) is 12.8 Å². The Morgan fingerprint density at radius 2 is 2.00 bits per heavy atom. The molecule has 1 aliphatic carbocycles. The number of likely N-dealkylation sites (tertiary alicyclic amines) is 1. The number of esters is 1. The van der Waals surface area contributed by atoms with Crippen molar-refractivity contribution in [1.29, 1.82) is 0 Å². The molecule has 2 fully saturated rings. The predicted molar refractivity (Wildman–Crippen MR) is 103 cm³/mol. The van der Waals surface area contributed by atoms with E-state index in [1.807, 2.05) is 0 Å². The number of nitrogens with two attached hydrogens (primary N) is 2. The third kappa shape index (κ3) is 3.55. The van der Waals surface area contributed by atoms with Crippen LogP contribution < -0.4 is 11.5 Å². The van der Waals surface area contributed by atoms with Crippen LogP contribution >= 0.6 is 0 Å². The number of primary amides is 1. The Hall–Kier alpha value is -2.44. The van der Waals surface area contributed by atoms with E-state index in [0.717, 1.165) is 13.1 Å². The summed E-state index contributed by atoms with van der Waals surface area (Å²) in [6, 6.07) is 14.3. The molecule has 1 aliphatic heterocycles. The van der Waals surface area contributed by atoms with Crippen LogP contribution in [0.1, 0.15) is 24.8 Å². The van der Waals surface area contributed by atoms with Crippen molar-refractivity contribution in [1.82, 2.24) is 4.90 Å². The van der Waals surface area contributed by atoms with E-state index in [1.165, 1.54) is 22.8 Å². The van der Waals surface area contributed by atoms with Crippen LogP contribution in [0.25, 0.3) is 10.8 Å². The number of amides is 1. The van der Waals surface area contributed by atoms with Crippen molar-refractivity contribution in [2.24, 2.45) is 17.4 Å². The van der Waals surface area contributed by atoms with Crippen molar-refractivity contribution < 1.29 is 14.3 Å². The zero-order valence-corrected chi connectivity index (χ0v) is 15.3. The maximum atomic E-state index is 12.0. The van der Waals surface area contributed by atoms with E-state index in [2.05, 4.69) is 47.4 Å². The lowest BCUT2D eigenvalue weighted by molar-refractivity contribution is -0.150. The fourth-order valence-electron chi connectivity index (χ4n) is 4.31. The molecule has 0 spiro atoms. The minimum absolute atomic E-state index is 0.0904. The largest absolute Gasteiger partial charge is 0.448 e. The molecule has 6 heteroatoms. The zero-order chi connectivity index (χ0) is 19.0. The minimum atomic E-state index is -0.802. The average molecular weight is 367 g/mol. The molecule has 0 aromatic heterocycles. The van der Waals surface area contributed by atoms with Crippen molar-refractivity contribution in [3.05, 3.63) is 48.0 Å². The number of carbonyl (C=O) groups is 2. The third-order valence-electron chi connectivity index (χ3n) is 5.93. The fraction of sp³-hybridized carbons (Fsp3) is 0.429. The van der Waals surface area contributed by atoms with Crippen molar-refractivity contribution >= 4 is 22.6 Å². The number of ether oxygens (including phenoxy) is 1. The molecular weight excluding hydrogens is 342 g/mol. The number of carbonyl (C=O) groups excluding carboxylic acids is 2. The normalized spacial score (nSPS) is 25.1. The summed E-state index contributed by atoms with van der Waals surface area (Å²) in [4.78, 5) is 24.9. The predicted octanol–water partition coefficient (Wildman–Crippen LogP) is 1.51. The Morgan fingerprint density at radius 1 is 1.22 bits per heavy atom. The number of nitrogens with zero attached hydrogens (tertiary/aromatic N) is 1. The summed E-state index contributed by atoms with van der Waals surface area (Å²) in [7, 11) is 0. The second-order valence-electron chi connectivity index (χ2n) is 7.83. The highest BCUT2D eigenvalue weighted by Crippen LogP contribution is 2.59. The summed E-state index contributed by atoms with van der Waals surface area (Å²) >= 11 is 0. The van der Waals surface area contributed by atoms with Crippen LogP contribution in [0.3, 0.4) is 0 Å². The van der Waals surface area contributed by atoms with Crippen LogP contribution in [0.15, 0.2) is 42.5 Å². The molecule has 4 N–H and O–H groups in total. The Kier molecular flexibility index (Phi) is 4.61. The van der Waals surface area contributed by atoms with Gasteiger partial charge < -0.3 is 16.2 Å². The minimum Gasteiger partial charge on any atom is -0.448 e. The molecule has 27 heavy (non-hydrogen) atoms. The average Bonchev–Trinajstić information content (AvgIpc) is 3.25. The molecule has 2 aliphatic rings. The van der Waals surface area contributed by atoms with Gasteiger partial charge in [-0.15, -0.1) is 0 Å². The van der Waals surface area contributed by atoms with E-state index in [-0.39, 0.29) is 25.0 Å². The number of hydrogen-bond donors (Lipinski definition) is 2. The van der Waals surface area contributed by atoms with Crippen LogP contribution in [0, 0.1) is 5.92 Å². The highest BCUT2D eigenvalue weighted by atomic mass is 16.5. The molecule has 0 radical (unpaired) electrons. The first-order valence-corrected chi connectivity index (χ1v) is 9.40. The molecule has 0 bridgehead atoms. The van der Waals surface area contributed by atoms with E-state index in [4.69, 9.17) is 16.2 Å². The Bertz CT molecular complexity index is 884. The smallest absolute Gasteiger partial charge is 0.324 e. The van der Waals surface area contributed by atoms with Crippen LogP contribution in [0.5, 0.6) is 0 Å². The van der Waals surface area contributed by atoms with Crippen LogP contribution in [-0.2, 0) is 19.7 Å². The van der Waals surface area contributed by atoms with E-state index < -0.39 is 17.9 Å². The van der Waals surface area contributed by atoms with Gasteiger partial charge in [0, 0.05) is 24.9 Å². The summed E-state index contributed by atoms with van der Waals surface area (Å²) < 4.78 is 5.35. The maximum Gasteiger partial charge on any atom is 0.324 e. The maximum absolute atomic E-state index is 12.0. The van der Waals surface area contributed by atoms with Gasteiger partial charge in [-0.05, 0) is 35.1 Å². The van der Waals surface area contributed by atoms with Gasteiger partial charge in [0.05, 0.1) is 0 Å². The number of piperidine rings is 1. The summed E-state index contributed by atoms with van der Waals surface area (Å²) in [5.41, 5.74) is 12.4. The van der Waals surface area contributed by atoms with Gasteiger partial charge in [0.25, 0.3) is 0 Å². The van der Waals surface area contributed by atoms with E-state index in [0.29, 0.717) is 5.92 Å². The van der Waals surface area contributed by atoms with Crippen molar-refractivity contribution in [3.63, 3.8) is 0 Å². The first kappa shape index (κ1) is 17.9. The van der Waals surface area contributed by atoms with Crippen LogP contribution in [-0.4, -0.2) is 42.6 Å². The first-order valence-electron chi connectivity index (χ1n) is 9.40. The van der Waals surface area contributed by atoms with Gasteiger partial charge in [0.2, 0.25) is 5.91 Å². The number of benzene rings is 2. The Morgan fingerprint density at radius 3 is 2.78 bits per heavy atom. The van der Waals surface area contributed by atoms with Gasteiger partial charge in [-0.25, -0.2) is 0 Å². The Labute approximate surface area is 158 Å². The monoisotopic (exact) mass is 367 g/mol. The lowest BCUT2D eigenvalue weighted by atomic mass is 9.93. The highest BCUT2D eigenvalue weighted by Gasteiger charge is 2.60. The quantitative estimate of drug-likeness (QED) is 0.723. The standard InChI is InChI=1S/C21H25N3O3/c22-18(7-8-19(23)25)20(26)27-13-24-11-17-10-21(17,12-24)16-6-5-14-3-1-2-4-15(14)9-16/h1-6,9,17-18H,7-8,10-13,22H2,(H2,23,25)/t17-,18-,21+/m1/s1. The van der Waals surface area contributed by atoms with Gasteiger partial charge in [-0.3, -0.25) is 14.5 Å². The topological polar surface area (TPSA) is 98.7 Å². The van der Waals surface area contributed by atoms with E-state index in [1.54, 1.807) is 0 Å². The number of fused-ring (bicyclic) bond motifs is 2. The molecule has 6 nitrogen and oxygen atoms in total. The summed E-state index contributed by atoms with van der Waals surface area (Å²) in [5.74, 6) is -0.326. The van der Waals surface area contributed by atoms with Gasteiger partial charge in [-0.1, -0.05) is 42.5 Å². The summed E-state index contributed by atoms with van der Waals surface area (Å²) in [6.45, 7) is 2.06. The summed E-state index contributed by atoms with van der Waals surface area (Å²) in [5, 5.41) is 2.52. The van der Waals surface area contributed by atoms with Gasteiger partial charge in [0.15, 0.2) is 0 Å². The first-order chi connectivity index (χ1) is 13.0. The Balaban J connectivity index is 1.35. The molecule has 1 saturated heterocycles. The van der Waals surface area contributed by atoms with Gasteiger partial charge in [-0.2, -0.15) is 0 Å². The fourth-order valence-corrected chi connectivity index (χ4v) is 4.31. The molecule has 4 rings (SSSR count). The van der Waals surface area contributed by atoms with Crippen molar-refractivity contribution in [2.75, 3.05) is 19.8 Å². The number of rotatable bonds is 7. The number of hydrogen-bond acceptors (Lipinski definition) is 5. The van der Waals surface area contributed by atoms with Crippen LogP contribution in [0.4, 0.5) is 0 Å². The van der Waals surface area contributed by atoms with Crippen molar-refractivity contribution in [2.45, 2.75) is 30.7 Å². The second kappa shape index (κ2) is 6.94. The van der Waals surface area contributed by atoms with E-state index in [9.17, 15) is 9.59 Å². The summed E-state index contributed by atoms with van der Waals surface area (Å²) in [6.07, 6.45) is 1.50. The van der Waals surface area contributed by atoms with Gasteiger partial charge >= 0.3 is 5.97 Å². The highest BCUT2D eigenvalue weighted by molar-refractivity contribution is 5.83. The molecule has 1 amide bonds. The SMILES string of the molecule is NC(=O)CC[C@@H](N)C(=O)OCN1C[C@H]2C[C@@]2(c2ccc3ccccc3c2)C1. The lowest BCUT2D eigenvalue weighted by Crippen LogP contribution is -2.37. The van der Waals surface area contributed by atoms with Crippen molar-refractivity contribution in [3.8, 4) is 0 Å². The van der Waals surface area contributed by atoms with Crippen LogP contribution in [0.2, 0.25) is 0 Å². The molecule has 1 heterocycles. The molecule has 2 aromatic carbocycles. The second-order valence-corrected chi connectivity index (χ2v) is 7.83. The van der Waals surface area contributed by atoms with E-state index >= 15 is 0 Å². The molecule has 0 unspecified atom stereocenters. The molecule has 1 saturated carbocycles. The molecule has 3 atom stereocenters. The molecule has 2 aromatic rings. The molecule has 142 valence electrons. The lowest BCUT2D eigenvalue weighted by Gasteiger charge is -2.22.